The Kier molecular flexibility index (Phi) is 5.58. The average molecular weight is 148 g/mol. The Labute approximate surface area is 61.3 Å². The molecule has 1 fully saturated rings. The molecule has 0 spiro atoms. The molecule has 62 valence electrons. The van der Waals surface area contributed by atoms with Gasteiger partial charge < -0.3 is 15.3 Å². The molecule has 1 saturated carbocycles. The van der Waals surface area contributed by atoms with Gasteiger partial charge in [0, 0.05) is 7.11 Å². The number of hydrogen-bond donors (Lipinski definition) is 3. The van der Waals surface area contributed by atoms with Crippen LogP contribution >= 0.6 is 0 Å². The third-order valence-corrected chi connectivity index (χ3v) is 1.67. The minimum Gasteiger partial charge on any atom is -0.400 e. The Morgan fingerprint density at radius 3 is 1.20 bits per heavy atom. The number of aliphatic hydroxyl groups is 3. The zero-order chi connectivity index (χ0) is 7.98. The first-order valence-corrected chi connectivity index (χ1v) is 3.60. The van der Waals surface area contributed by atoms with Crippen LogP contribution in [0.25, 0.3) is 0 Å². The molecule has 0 amide bonds. The molecule has 1 aliphatic rings. The van der Waals surface area contributed by atoms with Gasteiger partial charge in [0.15, 0.2) is 0 Å². The molecule has 0 aromatic rings. The largest absolute Gasteiger partial charge is 0.400 e. The van der Waals surface area contributed by atoms with Crippen LogP contribution in [0, 0.1) is 0 Å². The molecule has 0 radical (unpaired) electrons. The van der Waals surface area contributed by atoms with Crippen molar-refractivity contribution in [2.75, 3.05) is 7.11 Å². The molecule has 3 nitrogen and oxygen atoms in total. The first-order valence-electron chi connectivity index (χ1n) is 3.60. The lowest BCUT2D eigenvalue weighted by atomic mass is 9.95. The Balaban J connectivity index is 0.000000371. The molecule has 0 bridgehead atoms. The SMILES string of the molecule is CO.OC1CCC(O)CC1. The molecule has 0 atom stereocenters. The minimum absolute atomic E-state index is 0.140. The standard InChI is InChI=1S/C6H12O2.CH4O/c7-5-1-2-6(8)4-3-5;1-2/h5-8H,1-4H2;2H,1H3. The molecule has 3 heteroatoms. The molecule has 3 N–H and O–H groups in total. The van der Waals surface area contributed by atoms with Gasteiger partial charge in [-0.25, -0.2) is 0 Å². The lowest BCUT2D eigenvalue weighted by Crippen LogP contribution is -2.21. The van der Waals surface area contributed by atoms with E-state index in [9.17, 15) is 0 Å². The fraction of sp³-hybridized carbons (Fsp3) is 1.00. The fourth-order valence-electron chi connectivity index (χ4n) is 1.06. The molecule has 1 aliphatic carbocycles. The molecular weight excluding hydrogens is 132 g/mol. The molecule has 10 heavy (non-hydrogen) atoms. The van der Waals surface area contributed by atoms with Crippen molar-refractivity contribution >= 4 is 0 Å². The summed E-state index contributed by atoms with van der Waals surface area (Å²) < 4.78 is 0. The predicted octanol–water partition coefficient (Wildman–Crippen LogP) is -0.109. The van der Waals surface area contributed by atoms with Gasteiger partial charge in [0.25, 0.3) is 0 Å². The van der Waals surface area contributed by atoms with E-state index in [0.29, 0.717) is 0 Å². The maximum absolute atomic E-state index is 8.92. The minimum atomic E-state index is -0.140. The quantitative estimate of drug-likeness (QED) is 0.449. The van der Waals surface area contributed by atoms with E-state index in [2.05, 4.69) is 0 Å². The second-order valence-electron chi connectivity index (χ2n) is 2.46. The first-order chi connectivity index (χ1) is 4.79. The highest BCUT2D eigenvalue weighted by atomic mass is 16.3. The van der Waals surface area contributed by atoms with Crippen LogP contribution in [0.15, 0.2) is 0 Å². The first kappa shape index (κ1) is 9.88. The Morgan fingerprint density at radius 1 is 0.800 bits per heavy atom. The van der Waals surface area contributed by atoms with Crippen molar-refractivity contribution in [3.05, 3.63) is 0 Å². The summed E-state index contributed by atoms with van der Waals surface area (Å²) in [5.41, 5.74) is 0. The van der Waals surface area contributed by atoms with Crippen molar-refractivity contribution in [2.45, 2.75) is 37.9 Å². The van der Waals surface area contributed by atoms with Crippen molar-refractivity contribution in [3.8, 4) is 0 Å². The summed E-state index contributed by atoms with van der Waals surface area (Å²) in [4.78, 5) is 0. The highest BCUT2D eigenvalue weighted by Gasteiger charge is 2.15. The summed E-state index contributed by atoms with van der Waals surface area (Å²) in [7, 11) is 1.00. The van der Waals surface area contributed by atoms with E-state index in [1.165, 1.54) is 0 Å². The molecule has 0 aromatic heterocycles. The van der Waals surface area contributed by atoms with Crippen molar-refractivity contribution in [1.82, 2.24) is 0 Å². The van der Waals surface area contributed by atoms with Gasteiger partial charge in [0.2, 0.25) is 0 Å². The topological polar surface area (TPSA) is 60.7 Å². The van der Waals surface area contributed by atoms with Crippen LogP contribution in [0.3, 0.4) is 0 Å². The Bertz CT molecular complexity index is 57.3. The van der Waals surface area contributed by atoms with Crippen LogP contribution in [-0.4, -0.2) is 34.6 Å². The van der Waals surface area contributed by atoms with Crippen molar-refractivity contribution in [1.29, 1.82) is 0 Å². The normalized spacial score (nSPS) is 32.4. The lowest BCUT2D eigenvalue weighted by Gasteiger charge is -2.20. The smallest absolute Gasteiger partial charge is 0.0542 e. The molecule has 0 aliphatic heterocycles. The Morgan fingerprint density at radius 2 is 1.00 bits per heavy atom. The molecule has 0 saturated heterocycles. The summed E-state index contributed by atoms with van der Waals surface area (Å²) in [5, 5.41) is 24.8. The summed E-state index contributed by atoms with van der Waals surface area (Å²) >= 11 is 0. The van der Waals surface area contributed by atoms with Crippen molar-refractivity contribution < 1.29 is 15.3 Å². The summed E-state index contributed by atoms with van der Waals surface area (Å²) in [6.45, 7) is 0. The van der Waals surface area contributed by atoms with Crippen molar-refractivity contribution in [2.24, 2.45) is 0 Å². The van der Waals surface area contributed by atoms with Crippen LogP contribution in [0.5, 0.6) is 0 Å². The monoisotopic (exact) mass is 148 g/mol. The average Bonchev–Trinajstić information content (AvgIpc) is 2.00. The summed E-state index contributed by atoms with van der Waals surface area (Å²) in [6, 6.07) is 0. The van der Waals surface area contributed by atoms with Gasteiger partial charge in [0.05, 0.1) is 12.2 Å². The molecule has 0 heterocycles. The fourth-order valence-corrected chi connectivity index (χ4v) is 1.06. The van der Waals surface area contributed by atoms with E-state index in [4.69, 9.17) is 15.3 Å². The van der Waals surface area contributed by atoms with Crippen LogP contribution in [0.4, 0.5) is 0 Å². The second kappa shape index (κ2) is 5.65. The van der Waals surface area contributed by atoms with Gasteiger partial charge in [-0.1, -0.05) is 0 Å². The van der Waals surface area contributed by atoms with E-state index >= 15 is 0 Å². The van der Waals surface area contributed by atoms with E-state index < -0.39 is 0 Å². The highest BCUT2D eigenvalue weighted by Crippen LogP contribution is 2.17. The third-order valence-electron chi connectivity index (χ3n) is 1.67. The van der Waals surface area contributed by atoms with Gasteiger partial charge >= 0.3 is 0 Å². The van der Waals surface area contributed by atoms with E-state index in [0.717, 1.165) is 32.8 Å². The number of rotatable bonds is 0. The molecular formula is C7H16O3. The van der Waals surface area contributed by atoms with Gasteiger partial charge in [-0.15, -0.1) is 0 Å². The van der Waals surface area contributed by atoms with Crippen LogP contribution in [-0.2, 0) is 0 Å². The van der Waals surface area contributed by atoms with E-state index in [1.807, 2.05) is 0 Å². The zero-order valence-electron chi connectivity index (χ0n) is 6.32. The highest BCUT2D eigenvalue weighted by molar-refractivity contribution is 4.69. The molecule has 0 unspecified atom stereocenters. The molecule has 1 rings (SSSR count). The second-order valence-corrected chi connectivity index (χ2v) is 2.46. The van der Waals surface area contributed by atoms with Crippen LogP contribution < -0.4 is 0 Å². The zero-order valence-corrected chi connectivity index (χ0v) is 6.32. The molecule has 0 aromatic carbocycles. The van der Waals surface area contributed by atoms with Crippen molar-refractivity contribution in [3.63, 3.8) is 0 Å². The van der Waals surface area contributed by atoms with Gasteiger partial charge in [-0.05, 0) is 25.7 Å². The van der Waals surface area contributed by atoms with Gasteiger partial charge in [-0.2, -0.15) is 0 Å². The third kappa shape index (κ3) is 3.82. The summed E-state index contributed by atoms with van der Waals surface area (Å²) in [5.74, 6) is 0. The van der Waals surface area contributed by atoms with E-state index in [1.54, 1.807) is 0 Å². The Hall–Kier alpha value is -0.120. The van der Waals surface area contributed by atoms with Crippen LogP contribution in [0.1, 0.15) is 25.7 Å². The van der Waals surface area contributed by atoms with E-state index in [-0.39, 0.29) is 12.2 Å². The summed E-state index contributed by atoms with van der Waals surface area (Å²) in [6.07, 6.45) is 2.83. The number of hydrogen-bond acceptors (Lipinski definition) is 3. The van der Waals surface area contributed by atoms with Crippen LogP contribution in [0.2, 0.25) is 0 Å². The van der Waals surface area contributed by atoms with Gasteiger partial charge in [-0.3, -0.25) is 0 Å². The van der Waals surface area contributed by atoms with Gasteiger partial charge in [0.1, 0.15) is 0 Å². The maximum Gasteiger partial charge on any atom is 0.0542 e. The maximum atomic E-state index is 8.92. The predicted molar refractivity (Wildman–Crippen MR) is 38.6 cm³/mol. The number of aliphatic hydroxyl groups excluding tert-OH is 3. The lowest BCUT2D eigenvalue weighted by molar-refractivity contribution is 0.0541.